The highest BCUT2D eigenvalue weighted by atomic mass is 79.9. The summed E-state index contributed by atoms with van der Waals surface area (Å²) in [6.07, 6.45) is 0. The summed E-state index contributed by atoms with van der Waals surface area (Å²) in [5.74, 6) is 2.27. The zero-order chi connectivity index (χ0) is 10.4. The van der Waals surface area contributed by atoms with Gasteiger partial charge < -0.3 is 11.1 Å². The van der Waals surface area contributed by atoms with Gasteiger partial charge in [0.1, 0.15) is 16.2 Å². The Labute approximate surface area is 95.6 Å². The zero-order valence-electron chi connectivity index (χ0n) is 8.07. The summed E-state index contributed by atoms with van der Waals surface area (Å²) >= 11 is 3.47. The van der Waals surface area contributed by atoms with Crippen LogP contribution < -0.4 is 11.1 Å². The fourth-order valence-electron chi connectivity index (χ4n) is 1.90. The third-order valence-electron chi connectivity index (χ3n) is 2.82. The summed E-state index contributed by atoms with van der Waals surface area (Å²) in [6.45, 7) is 1.97. The lowest BCUT2D eigenvalue weighted by molar-refractivity contribution is 0.429. The molecule has 1 saturated heterocycles. The molecule has 0 aromatic carbocycles. The molecule has 3 N–H and O–H groups in total. The number of nitrogens with two attached hydrogens (primary N) is 1. The first-order chi connectivity index (χ1) is 7.27. The maximum Gasteiger partial charge on any atom is 0.132 e. The first-order valence-electron chi connectivity index (χ1n) is 4.90. The van der Waals surface area contributed by atoms with E-state index in [2.05, 4.69) is 26.2 Å². The van der Waals surface area contributed by atoms with Crippen molar-refractivity contribution in [1.82, 2.24) is 14.7 Å². The minimum atomic E-state index is 0.480. The number of nitrogen functional groups attached to an aromatic ring is 1. The summed E-state index contributed by atoms with van der Waals surface area (Å²) in [5, 5.41) is 3.24. The van der Waals surface area contributed by atoms with E-state index in [1.165, 1.54) is 0 Å². The minimum Gasteiger partial charge on any atom is -0.385 e. The first-order valence-corrected chi connectivity index (χ1v) is 5.69. The molecule has 5 heteroatoms. The zero-order valence-corrected chi connectivity index (χ0v) is 9.66. The molecule has 2 aromatic heterocycles. The Morgan fingerprint density at radius 2 is 2.27 bits per heavy atom. The SMILES string of the molecule is Nc1cccc2c(Br)nc(C3CNC3)n12. The largest absolute Gasteiger partial charge is 0.385 e. The Balaban J connectivity index is 2.29. The topological polar surface area (TPSA) is 55.3 Å². The molecule has 3 rings (SSSR count). The van der Waals surface area contributed by atoms with Crippen LogP contribution in [0.5, 0.6) is 0 Å². The van der Waals surface area contributed by atoms with E-state index in [4.69, 9.17) is 5.73 Å². The monoisotopic (exact) mass is 266 g/mol. The molecule has 0 aliphatic carbocycles. The molecule has 0 amide bonds. The van der Waals surface area contributed by atoms with Crippen molar-refractivity contribution in [3.63, 3.8) is 0 Å². The molecular formula is C10H11BrN4. The molecule has 4 nitrogen and oxygen atoms in total. The normalized spacial score (nSPS) is 16.9. The summed E-state index contributed by atoms with van der Waals surface area (Å²) < 4.78 is 2.90. The highest BCUT2D eigenvalue weighted by Gasteiger charge is 2.25. The number of fused-ring (bicyclic) bond motifs is 1. The molecule has 1 aliphatic rings. The van der Waals surface area contributed by atoms with Gasteiger partial charge in [-0.05, 0) is 28.1 Å². The lowest BCUT2D eigenvalue weighted by Crippen LogP contribution is -2.41. The van der Waals surface area contributed by atoms with Crippen LogP contribution in [0, 0.1) is 0 Å². The molecule has 1 fully saturated rings. The van der Waals surface area contributed by atoms with E-state index < -0.39 is 0 Å². The van der Waals surface area contributed by atoms with Crippen LogP contribution >= 0.6 is 15.9 Å². The first kappa shape index (κ1) is 9.18. The van der Waals surface area contributed by atoms with Crippen LogP contribution in [0.15, 0.2) is 22.8 Å². The van der Waals surface area contributed by atoms with Gasteiger partial charge in [-0.2, -0.15) is 0 Å². The Bertz CT molecular complexity index is 515. The number of pyridine rings is 1. The van der Waals surface area contributed by atoms with Crippen LogP contribution in [0.4, 0.5) is 5.82 Å². The third-order valence-corrected chi connectivity index (χ3v) is 3.40. The second kappa shape index (κ2) is 3.21. The van der Waals surface area contributed by atoms with E-state index in [9.17, 15) is 0 Å². The van der Waals surface area contributed by atoms with Gasteiger partial charge in [-0.25, -0.2) is 4.98 Å². The lowest BCUT2D eigenvalue weighted by Gasteiger charge is -2.26. The number of halogens is 1. The predicted molar refractivity (Wildman–Crippen MR) is 62.9 cm³/mol. The second-order valence-corrected chi connectivity index (χ2v) is 4.54. The number of hydrogen-bond acceptors (Lipinski definition) is 3. The standard InChI is InChI=1S/C10H11BrN4/c11-9-7-2-1-3-8(12)15(7)10(14-9)6-4-13-5-6/h1-3,6,13H,4-5,12H2. The second-order valence-electron chi connectivity index (χ2n) is 3.79. The molecule has 78 valence electrons. The van der Waals surface area contributed by atoms with Gasteiger partial charge in [-0.15, -0.1) is 0 Å². The number of anilines is 1. The van der Waals surface area contributed by atoms with Crippen LogP contribution in [-0.2, 0) is 0 Å². The van der Waals surface area contributed by atoms with Crippen molar-refractivity contribution < 1.29 is 0 Å². The van der Waals surface area contributed by atoms with Crippen LogP contribution in [0.2, 0.25) is 0 Å². The molecule has 0 radical (unpaired) electrons. The van der Waals surface area contributed by atoms with Gasteiger partial charge in [0.2, 0.25) is 0 Å². The Morgan fingerprint density at radius 1 is 1.47 bits per heavy atom. The van der Waals surface area contributed by atoms with Crippen LogP contribution in [0.1, 0.15) is 11.7 Å². The van der Waals surface area contributed by atoms with Gasteiger partial charge in [-0.1, -0.05) is 6.07 Å². The van der Waals surface area contributed by atoms with Crippen molar-refractivity contribution in [2.75, 3.05) is 18.8 Å². The highest BCUT2D eigenvalue weighted by molar-refractivity contribution is 9.10. The van der Waals surface area contributed by atoms with E-state index in [0.29, 0.717) is 5.92 Å². The summed E-state index contributed by atoms with van der Waals surface area (Å²) in [6, 6.07) is 5.86. The third kappa shape index (κ3) is 1.27. The number of nitrogens with zero attached hydrogens (tertiary/aromatic N) is 2. The Hall–Kier alpha value is -1.07. The molecule has 0 spiro atoms. The van der Waals surface area contributed by atoms with Gasteiger partial charge in [0.15, 0.2) is 0 Å². The molecule has 1 aliphatic heterocycles. The van der Waals surface area contributed by atoms with E-state index in [0.717, 1.165) is 34.9 Å². The quantitative estimate of drug-likeness (QED) is 0.820. The van der Waals surface area contributed by atoms with E-state index in [1.807, 2.05) is 22.6 Å². The fraction of sp³-hybridized carbons (Fsp3) is 0.300. The van der Waals surface area contributed by atoms with Gasteiger partial charge in [0, 0.05) is 19.0 Å². The number of hydrogen-bond donors (Lipinski definition) is 2. The number of imidazole rings is 1. The lowest BCUT2D eigenvalue weighted by atomic mass is 10.0. The van der Waals surface area contributed by atoms with Gasteiger partial charge >= 0.3 is 0 Å². The summed E-state index contributed by atoms with van der Waals surface area (Å²) in [7, 11) is 0. The van der Waals surface area contributed by atoms with Crippen LogP contribution in [0.3, 0.4) is 0 Å². The maximum absolute atomic E-state index is 5.97. The Morgan fingerprint density at radius 3 is 2.93 bits per heavy atom. The van der Waals surface area contributed by atoms with Gasteiger partial charge in [-0.3, -0.25) is 4.40 Å². The fourth-order valence-corrected chi connectivity index (χ4v) is 2.39. The molecule has 0 bridgehead atoms. The molecule has 0 unspecified atom stereocenters. The van der Waals surface area contributed by atoms with Gasteiger partial charge in [0.25, 0.3) is 0 Å². The molecule has 15 heavy (non-hydrogen) atoms. The molecular weight excluding hydrogens is 256 g/mol. The van der Waals surface area contributed by atoms with E-state index >= 15 is 0 Å². The highest BCUT2D eigenvalue weighted by Crippen LogP contribution is 2.27. The van der Waals surface area contributed by atoms with Crippen molar-refractivity contribution in [1.29, 1.82) is 0 Å². The van der Waals surface area contributed by atoms with Crippen molar-refractivity contribution in [2.24, 2.45) is 0 Å². The summed E-state index contributed by atoms with van der Waals surface area (Å²) in [5.41, 5.74) is 7.01. The van der Waals surface area contributed by atoms with Gasteiger partial charge in [0.05, 0.1) is 5.52 Å². The minimum absolute atomic E-state index is 0.480. The number of rotatable bonds is 1. The molecule has 2 aromatic rings. The smallest absolute Gasteiger partial charge is 0.132 e. The summed E-state index contributed by atoms with van der Waals surface area (Å²) in [4.78, 5) is 4.53. The van der Waals surface area contributed by atoms with E-state index in [1.54, 1.807) is 0 Å². The van der Waals surface area contributed by atoms with Crippen molar-refractivity contribution in [3.05, 3.63) is 28.6 Å². The van der Waals surface area contributed by atoms with Crippen molar-refractivity contribution in [3.8, 4) is 0 Å². The molecule has 0 atom stereocenters. The van der Waals surface area contributed by atoms with Crippen LogP contribution in [-0.4, -0.2) is 22.5 Å². The molecule has 0 saturated carbocycles. The number of aromatic nitrogens is 2. The maximum atomic E-state index is 5.97. The number of nitrogens with one attached hydrogen (secondary N) is 1. The predicted octanol–water partition coefficient (Wildman–Crippen LogP) is 1.37. The van der Waals surface area contributed by atoms with Crippen molar-refractivity contribution >= 4 is 27.3 Å². The average Bonchev–Trinajstić information content (AvgIpc) is 2.43. The Kier molecular flexibility index (Phi) is 1.97. The molecule has 3 heterocycles. The van der Waals surface area contributed by atoms with Crippen molar-refractivity contribution in [2.45, 2.75) is 5.92 Å². The van der Waals surface area contributed by atoms with E-state index in [-0.39, 0.29) is 0 Å². The van der Waals surface area contributed by atoms with Crippen LogP contribution in [0.25, 0.3) is 5.52 Å². The average molecular weight is 267 g/mol.